The number of benzene rings is 2. The smallest absolute Gasteiger partial charge is 0.0602 e. The molecule has 2 aromatic carbocycles. The Morgan fingerprint density at radius 1 is 0.952 bits per heavy atom. The van der Waals surface area contributed by atoms with Gasteiger partial charge in [-0.1, -0.05) is 67.9 Å². The molecule has 1 saturated heterocycles. The van der Waals surface area contributed by atoms with Crippen molar-refractivity contribution in [1.29, 1.82) is 0 Å². The number of nitrogens with zero attached hydrogens (tertiary/aromatic N) is 1. The molecule has 1 aliphatic rings. The predicted octanol–water partition coefficient (Wildman–Crippen LogP) is 5.02. The Bertz CT molecular complexity index is 588. The fourth-order valence-corrected chi connectivity index (χ4v) is 3.31. The Morgan fingerprint density at radius 3 is 2.24 bits per heavy atom. The molecule has 2 heteroatoms. The van der Waals surface area contributed by atoms with Gasteiger partial charge < -0.3 is 0 Å². The summed E-state index contributed by atoms with van der Waals surface area (Å²) in [6.07, 6.45) is 0. The van der Waals surface area contributed by atoms with Gasteiger partial charge in [-0.05, 0) is 35.1 Å². The highest BCUT2D eigenvalue weighted by Crippen LogP contribution is 2.37. The first-order valence-electron chi connectivity index (χ1n) is 7.69. The van der Waals surface area contributed by atoms with E-state index in [9.17, 15) is 0 Å². The van der Waals surface area contributed by atoms with Crippen LogP contribution in [0.2, 0.25) is 5.02 Å². The molecule has 110 valence electrons. The quantitative estimate of drug-likeness (QED) is 0.766. The molecule has 0 bridgehead atoms. The third kappa shape index (κ3) is 3.14. The van der Waals surface area contributed by atoms with E-state index in [1.165, 1.54) is 24.2 Å². The minimum absolute atomic E-state index is 0.319. The molecule has 0 amide bonds. The molecule has 1 heterocycles. The molecule has 0 N–H and O–H groups in total. The predicted molar refractivity (Wildman–Crippen MR) is 89.6 cm³/mol. The van der Waals surface area contributed by atoms with Crippen molar-refractivity contribution in [2.45, 2.75) is 19.9 Å². The van der Waals surface area contributed by atoms with E-state index in [2.05, 4.69) is 61.2 Å². The van der Waals surface area contributed by atoms with E-state index < -0.39 is 0 Å². The lowest BCUT2D eigenvalue weighted by atomic mass is 9.84. The zero-order valence-electron chi connectivity index (χ0n) is 12.7. The van der Waals surface area contributed by atoms with Gasteiger partial charge in [-0.25, -0.2) is 0 Å². The van der Waals surface area contributed by atoms with E-state index in [1.54, 1.807) is 0 Å². The average Bonchev–Trinajstić information content (AvgIpc) is 2.42. The van der Waals surface area contributed by atoms with Crippen molar-refractivity contribution in [1.82, 2.24) is 4.90 Å². The van der Waals surface area contributed by atoms with Crippen molar-refractivity contribution in [2.24, 2.45) is 11.8 Å². The Labute approximate surface area is 132 Å². The maximum absolute atomic E-state index is 6.20. The highest BCUT2D eigenvalue weighted by atomic mass is 35.5. The number of hydrogen-bond acceptors (Lipinski definition) is 1. The van der Waals surface area contributed by atoms with Crippen LogP contribution in [0.1, 0.15) is 31.0 Å². The van der Waals surface area contributed by atoms with Gasteiger partial charge in [0.05, 0.1) is 6.04 Å². The SMILES string of the molecule is CC(C)C1CN(C(c2ccccc2)c2cccc(Cl)c2)C1. The first-order chi connectivity index (χ1) is 10.1. The van der Waals surface area contributed by atoms with Crippen molar-refractivity contribution in [2.75, 3.05) is 13.1 Å². The molecular formula is C19H22ClN. The summed E-state index contributed by atoms with van der Waals surface area (Å²) in [4.78, 5) is 2.56. The van der Waals surface area contributed by atoms with E-state index in [0.717, 1.165) is 16.9 Å². The first-order valence-corrected chi connectivity index (χ1v) is 8.07. The standard InChI is InChI=1S/C19H22ClN/c1-14(2)17-12-21(13-17)19(15-7-4-3-5-8-15)16-9-6-10-18(20)11-16/h3-11,14,17,19H,12-13H2,1-2H3. The van der Waals surface area contributed by atoms with Gasteiger partial charge in [0.25, 0.3) is 0 Å². The Kier molecular flexibility index (Phi) is 4.32. The molecule has 21 heavy (non-hydrogen) atoms. The van der Waals surface area contributed by atoms with Crippen molar-refractivity contribution in [3.63, 3.8) is 0 Å². The van der Waals surface area contributed by atoms with Crippen molar-refractivity contribution >= 4 is 11.6 Å². The van der Waals surface area contributed by atoms with Gasteiger partial charge in [-0.2, -0.15) is 0 Å². The topological polar surface area (TPSA) is 3.24 Å². The van der Waals surface area contributed by atoms with Crippen LogP contribution in [0.3, 0.4) is 0 Å². The van der Waals surface area contributed by atoms with Crippen LogP contribution in [0.5, 0.6) is 0 Å². The first kappa shape index (κ1) is 14.6. The maximum Gasteiger partial charge on any atom is 0.0602 e. The second-order valence-corrected chi connectivity index (χ2v) is 6.76. The van der Waals surface area contributed by atoms with Crippen LogP contribution in [-0.2, 0) is 0 Å². The molecule has 0 spiro atoms. The van der Waals surface area contributed by atoms with Gasteiger partial charge in [-0.15, -0.1) is 0 Å². The second-order valence-electron chi connectivity index (χ2n) is 6.33. The van der Waals surface area contributed by atoms with Crippen LogP contribution in [0, 0.1) is 11.8 Å². The third-order valence-electron chi connectivity index (χ3n) is 4.53. The van der Waals surface area contributed by atoms with E-state index in [0.29, 0.717) is 6.04 Å². The van der Waals surface area contributed by atoms with Crippen LogP contribution in [-0.4, -0.2) is 18.0 Å². The van der Waals surface area contributed by atoms with Gasteiger partial charge in [0.15, 0.2) is 0 Å². The lowest BCUT2D eigenvalue weighted by molar-refractivity contribution is 0.0412. The highest BCUT2D eigenvalue weighted by Gasteiger charge is 2.35. The molecule has 1 atom stereocenters. The zero-order valence-corrected chi connectivity index (χ0v) is 13.4. The van der Waals surface area contributed by atoms with Gasteiger partial charge in [-0.3, -0.25) is 4.90 Å². The van der Waals surface area contributed by atoms with Gasteiger partial charge in [0, 0.05) is 18.1 Å². The van der Waals surface area contributed by atoms with Crippen molar-refractivity contribution in [3.05, 3.63) is 70.7 Å². The lowest BCUT2D eigenvalue weighted by Crippen LogP contribution is -2.50. The molecule has 2 aromatic rings. The van der Waals surface area contributed by atoms with Crippen LogP contribution in [0.25, 0.3) is 0 Å². The van der Waals surface area contributed by atoms with E-state index >= 15 is 0 Å². The van der Waals surface area contributed by atoms with Gasteiger partial charge >= 0.3 is 0 Å². The zero-order chi connectivity index (χ0) is 14.8. The van der Waals surface area contributed by atoms with E-state index in [4.69, 9.17) is 11.6 Å². The van der Waals surface area contributed by atoms with Gasteiger partial charge in [0.2, 0.25) is 0 Å². The molecule has 0 aromatic heterocycles. The molecule has 1 aliphatic heterocycles. The summed E-state index contributed by atoms with van der Waals surface area (Å²) in [5.41, 5.74) is 2.64. The second kappa shape index (κ2) is 6.21. The van der Waals surface area contributed by atoms with Crippen LogP contribution in [0.15, 0.2) is 54.6 Å². The Hall–Kier alpha value is -1.31. The molecule has 0 radical (unpaired) electrons. The summed E-state index contributed by atoms with van der Waals surface area (Å²) in [5.74, 6) is 1.58. The van der Waals surface area contributed by atoms with E-state index in [1.807, 2.05) is 12.1 Å². The summed E-state index contributed by atoms with van der Waals surface area (Å²) >= 11 is 6.20. The summed E-state index contributed by atoms with van der Waals surface area (Å²) in [5, 5.41) is 0.814. The van der Waals surface area contributed by atoms with Crippen LogP contribution < -0.4 is 0 Å². The minimum atomic E-state index is 0.319. The van der Waals surface area contributed by atoms with Crippen molar-refractivity contribution < 1.29 is 0 Å². The third-order valence-corrected chi connectivity index (χ3v) is 4.76. The van der Waals surface area contributed by atoms with Crippen molar-refractivity contribution in [3.8, 4) is 0 Å². The fraction of sp³-hybridized carbons (Fsp3) is 0.368. The number of hydrogen-bond donors (Lipinski definition) is 0. The lowest BCUT2D eigenvalue weighted by Gasteiger charge is -2.46. The molecule has 1 nitrogen and oxygen atoms in total. The Morgan fingerprint density at radius 2 is 1.62 bits per heavy atom. The molecule has 0 saturated carbocycles. The summed E-state index contributed by atoms with van der Waals surface area (Å²) in [6.45, 7) is 6.98. The van der Waals surface area contributed by atoms with Crippen LogP contribution in [0.4, 0.5) is 0 Å². The molecule has 3 rings (SSSR count). The summed E-state index contributed by atoms with van der Waals surface area (Å²) in [7, 11) is 0. The van der Waals surface area contributed by atoms with E-state index in [-0.39, 0.29) is 0 Å². The van der Waals surface area contributed by atoms with Gasteiger partial charge in [0.1, 0.15) is 0 Å². The molecule has 0 aliphatic carbocycles. The largest absolute Gasteiger partial charge is 0.292 e. The monoisotopic (exact) mass is 299 g/mol. The molecule has 1 fully saturated rings. The maximum atomic E-state index is 6.20. The normalized spacial score (nSPS) is 17.7. The molecule has 1 unspecified atom stereocenters. The number of likely N-dealkylation sites (tertiary alicyclic amines) is 1. The minimum Gasteiger partial charge on any atom is -0.292 e. The van der Waals surface area contributed by atoms with Crippen LogP contribution >= 0.6 is 11.6 Å². The number of rotatable bonds is 4. The Balaban J connectivity index is 1.90. The summed E-state index contributed by atoms with van der Waals surface area (Å²) in [6, 6.07) is 19.3. The average molecular weight is 300 g/mol. The molecular weight excluding hydrogens is 278 g/mol. The highest BCUT2D eigenvalue weighted by molar-refractivity contribution is 6.30. The summed E-state index contributed by atoms with van der Waals surface area (Å²) < 4.78 is 0. The fourth-order valence-electron chi connectivity index (χ4n) is 3.11. The number of halogens is 1.